The molecular formula is C10H18O3. The molecule has 0 radical (unpaired) electrons. The number of hydrogen-bond acceptors (Lipinski definition) is 3. The van der Waals surface area contributed by atoms with Crippen LogP contribution in [0.4, 0.5) is 0 Å². The molecule has 0 aromatic heterocycles. The lowest BCUT2D eigenvalue weighted by atomic mass is 9.88. The molecule has 1 aliphatic rings. The second-order valence-corrected chi connectivity index (χ2v) is 4.05. The summed E-state index contributed by atoms with van der Waals surface area (Å²) in [7, 11) is 0. The van der Waals surface area contributed by atoms with Crippen LogP contribution in [0.15, 0.2) is 0 Å². The lowest BCUT2D eigenvalue weighted by molar-refractivity contribution is -0.157. The Balaban J connectivity index is 2.47. The van der Waals surface area contributed by atoms with Crippen molar-refractivity contribution >= 4 is 5.97 Å². The van der Waals surface area contributed by atoms with Crippen LogP contribution in [0.3, 0.4) is 0 Å². The molecule has 13 heavy (non-hydrogen) atoms. The topological polar surface area (TPSA) is 35.5 Å². The summed E-state index contributed by atoms with van der Waals surface area (Å²) < 4.78 is 10.5. The maximum absolute atomic E-state index is 11.4. The van der Waals surface area contributed by atoms with Gasteiger partial charge >= 0.3 is 5.97 Å². The van der Waals surface area contributed by atoms with Gasteiger partial charge in [-0.3, -0.25) is 4.79 Å². The number of esters is 1. The Morgan fingerprint density at radius 3 is 2.85 bits per heavy atom. The van der Waals surface area contributed by atoms with Crippen LogP contribution in [0.1, 0.15) is 33.6 Å². The van der Waals surface area contributed by atoms with Crippen molar-refractivity contribution in [2.24, 2.45) is 5.92 Å². The Kier molecular flexibility index (Phi) is 3.31. The molecule has 3 heteroatoms. The van der Waals surface area contributed by atoms with Crippen molar-refractivity contribution in [3.63, 3.8) is 0 Å². The molecule has 0 unspecified atom stereocenters. The van der Waals surface area contributed by atoms with Gasteiger partial charge in [0, 0.05) is 6.61 Å². The molecule has 0 N–H and O–H groups in total. The van der Waals surface area contributed by atoms with Crippen molar-refractivity contribution in [2.45, 2.75) is 39.2 Å². The first-order chi connectivity index (χ1) is 6.05. The first-order valence-electron chi connectivity index (χ1n) is 4.86. The number of carbonyl (C=O) groups excluding carboxylic acids is 1. The molecule has 1 fully saturated rings. The van der Waals surface area contributed by atoms with Gasteiger partial charge in [-0.2, -0.15) is 0 Å². The van der Waals surface area contributed by atoms with Crippen LogP contribution in [-0.2, 0) is 14.3 Å². The van der Waals surface area contributed by atoms with Crippen LogP contribution < -0.4 is 0 Å². The monoisotopic (exact) mass is 186 g/mol. The number of hydrogen-bond donors (Lipinski definition) is 0. The largest absolute Gasteiger partial charge is 0.466 e. The number of rotatable bonds is 2. The first kappa shape index (κ1) is 10.5. The third kappa shape index (κ3) is 2.99. The molecule has 0 aliphatic carbocycles. The Morgan fingerprint density at radius 2 is 2.31 bits per heavy atom. The zero-order chi connectivity index (χ0) is 9.90. The molecular weight excluding hydrogens is 168 g/mol. The maximum Gasteiger partial charge on any atom is 0.309 e. The van der Waals surface area contributed by atoms with E-state index < -0.39 is 0 Å². The fraction of sp³-hybridized carbons (Fsp3) is 0.900. The Hall–Kier alpha value is -0.570. The zero-order valence-corrected chi connectivity index (χ0v) is 8.63. The summed E-state index contributed by atoms with van der Waals surface area (Å²) >= 11 is 0. The van der Waals surface area contributed by atoms with Crippen molar-refractivity contribution in [1.82, 2.24) is 0 Å². The molecule has 1 heterocycles. The van der Waals surface area contributed by atoms with E-state index in [-0.39, 0.29) is 17.5 Å². The molecule has 1 atom stereocenters. The van der Waals surface area contributed by atoms with E-state index in [1.807, 2.05) is 20.8 Å². The van der Waals surface area contributed by atoms with Crippen LogP contribution in [0.2, 0.25) is 0 Å². The van der Waals surface area contributed by atoms with E-state index in [0.717, 1.165) is 12.8 Å². The first-order valence-corrected chi connectivity index (χ1v) is 4.86. The summed E-state index contributed by atoms with van der Waals surface area (Å²) in [5.41, 5.74) is -0.171. The summed E-state index contributed by atoms with van der Waals surface area (Å²) in [5, 5.41) is 0. The van der Waals surface area contributed by atoms with Gasteiger partial charge in [-0.1, -0.05) is 0 Å². The van der Waals surface area contributed by atoms with Crippen LogP contribution >= 0.6 is 0 Å². The third-order valence-electron chi connectivity index (χ3n) is 2.32. The summed E-state index contributed by atoms with van der Waals surface area (Å²) in [6.45, 7) is 6.99. The molecule has 0 aromatic rings. The highest BCUT2D eigenvalue weighted by Crippen LogP contribution is 2.29. The van der Waals surface area contributed by atoms with Gasteiger partial charge in [0.1, 0.15) is 0 Å². The molecule has 0 saturated carbocycles. The van der Waals surface area contributed by atoms with Gasteiger partial charge in [0.05, 0.1) is 18.1 Å². The van der Waals surface area contributed by atoms with E-state index >= 15 is 0 Å². The van der Waals surface area contributed by atoms with E-state index in [1.165, 1.54) is 0 Å². The van der Waals surface area contributed by atoms with Crippen molar-refractivity contribution in [3.8, 4) is 0 Å². The normalized spacial score (nSPS) is 26.8. The lowest BCUT2D eigenvalue weighted by Crippen LogP contribution is -2.37. The summed E-state index contributed by atoms with van der Waals surface area (Å²) in [6.07, 6.45) is 1.56. The minimum absolute atomic E-state index is 0.0312. The summed E-state index contributed by atoms with van der Waals surface area (Å²) in [6, 6.07) is 0. The minimum Gasteiger partial charge on any atom is -0.466 e. The SMILES string of the molecule is CCOC(=O)[C@H]1CCOC(C)(C)C1. The lowest BCUT2D eigenvalue weighted by Gasteiger charge is -2.34. The van der Waals surface area contributed by atoms with Crippen LogP contribution in [0, 0.1) is 5.92 Å². The van der Waals surface area contributed by atoms with Crippen molar-refractivity contribution in [2.75, 3.05) is 13.2 Å². The van der Waals surface area contributed by atoms with Crippen molar-refractivity contribution in [1.29, 1.82) is 0 Å². The average molecular weight is 186 g/mol. The standard InChI is InChI=1S/C10H18O3/c1-4-12-9(11)8-5-6-13-10(2,3)7-8/h8H,4-7H2,1-3H3/t8-/m0/s1. The van der Waals surface area contributed by atoms with Gasteiger partial charge in [0.25, 0.3) is 0 Å². The Labute approximate surface area is 79.4 Å². The fourth-order valence-electron chi connectivity index (χ4n) is 1.69. The molecule has 1 rings (SSSR count). The molecule has 0 amide bonds. The number of carbonyl (C=O) groups is 1. The molecule has 1 aliphatic heterocycles. The molecule has 0 bridgehead atoms. The highest BCUT2D eigenvalue weighted by molar-refractivity contribution is 5.72. The van der Waals surface area contributed by atoms with Crippen LogP contribution in [0.5, 0.6) is 0 Å². The average Bonchev–Trinajstić information content (AvgIpc) is 2.03. The predicted molar refractivity (Wildman–Crippen MR) is 49.4 cm³/mol. The van der Waals surface area contributed by atoms with Gasteiger partial charge in [0.15, 0.2) is 0 Å². The second-order valence-electron chi connectivity index (χ2n) is 4.05. The van der Waals surface area contributed by atoms with Gasteiger partial charge in [-0.15, -0.1) is 0 Å². The molecule has 76 valence electrons. The highest BCUT2D eigenvalue weighted by atomic mass is 16.5. The predicted octanol–water partition coefficient (Wildman–Crippen LogP) is 1.75. The van der Waals surface area contributed by atoms with Gasteiger partial charge < -0.3 is 9.47 Å². The zero-order valence-electron chi connectivity index (χ0n) is 8.63. The van der Waals surface area contributed by atoms with E-state index in [1.54, 1.807) is 0 Å². The summed E-state index contributed by atoms with van der Waals surface area (Å²) in [5.74, 6) is -0.0393. The maximum atomic E-state index is 11.4. The molecule has 3 nitrogen and oxygen atoms in total. The van der Waals surface area contributed by atoms with Crippen molar-refractivity contribution < 1.29 is 14.3 Å². The van der Waals surface area contributed by atoms with Gasteiger partial charge in [0.2, 0.25) is 0 Å². The Bertz CT molecular complexity index is 187. The third-order valence-corrected chi connectivity index (χ3v) is 2.32. The highest BCUT2D eigenvalue weighted by Gasteiger charge is 2.33. The smallest absolute Gasteiger partial charge is 0.309 e. The van der Waals surface area contributed by atoms with Crippen molar-refractivity contribution in [3.05, 3.63) is 0 Å². The quantitative estimate of drug-likeness (QED) is 0.616. The minimum atomic E-state index is -0.171. The van der Waals surface area contributed by atoms with Gasteiger partial charge in [-0.05, 0) is 33.6 Å². The number of ether oxygens (including phenoxy) is 2. The van der Waals surface area contributed by atoms with Crippen LogP contribution in [-0.4, -0.2) is 24.8 Å². The van der Waals surface area contributed by atoms with E-state index in [2.05, 4.69) is 0 Å². The van der Waals surface area contributed by atoms with E-state index in [4.69, 9.17) is 9.47 Å². The van der Waals surface area contributed by atoms with Gasteiger partial charge in [-0.25, -0.2) is 0 Å². The van der Waals surface area contributed by atoms with E-state index in [0.29, 0.717) is 13.2 Å². The molecule has 1 saturated heterocycles. The second kappa shape index (κ2) is 4.09. The fourth-order valence-corrected chi connectivity index (χ4v) is 1.69. The van der Waals surface area contributed by atoms with Crippen LogP contribution in [0.25, 0.3) is 0 Å². The Morgan fingerprint density at radius 1 is 1.62 bits per heavy atom. The molecule has 0 spiro atoms. The van der Waals surface area contributed by atoms with E-state index in [9.17, 15) is 4.79 Å². The summed E-state index contributed by atoms with van der Waals surface area (Å²) in [4.78, 5) is 11.4. The molecule has 0 aromatic carbocycles.